The van der Waals surface area contributed by atoms with E-state index in [0.717, 1.165) is 57.4 Å². The van der Waals surface area contributed by atoms with Gasteiger partial charge in [-0.15, -0.1) is 0 Å². The zero-order valence-corrected chi connectivity index (χ0v) is 18.2. The lowest BCUT2D eigenvalue weighted by atomic mass is 9.92. The van der Waals surface area contributed by atoms with E-state index in [1.807, 2.05) is 17.0 Å². The highest BCUT2D eigenvalue weighted by molar-refractivity contribution is 5.94. The first-order valence-electron chi connectivity index (χ1n) is 11.5. The fraction of sp³-hybridized carbons (Fsp3) is 0.667. The van der Waals surface area contributed by atoms with Crippen LogP contribution in [0.1, 0.15) is 74.7 Å². The van der Waals surface area contributed by atoms with Crippen LogP contribution in [-0.2, 0) is 11.3 Å². The third kappa shape index (κ3) is 6.05. The topological polar surface area (TPSA) is 52.7 Å². The van der Waals surface area contributed by atoms with E-state index in [1.165, 1.54) is 24.8 Å². The van der Waals surface area contributed by atoms with Crippen LogP contribution in [0.5, 0.6) is 0 Å². The molecule has 29 heavy (non-hydrogen) atoms. The maximum absolute atomic E-state index is 13.0. The minimum absolute atomic E-state index is 0.0505. The molecule has 1 saturated heterocycles. The van der Waals surface area contributed by atoms with Gasteiger partial charge in [-0.3, -0.25) is 14.5 Å². The molecule has 1 aliphatic heterocycles. The van der Waals surface area contributed by atoms with Gasteiger partial charge in [-0.2, -0.15) is 0 Å². The normalized spacial score (nSPS) is 20.7. The maximum Gasteiger partial charge on any atom is 0.253 e. The molecule has 2 amide bonds. The summed E-state index contributed by atoms with van der Waals surface area (Å²) in [5.41, 5.74) is 1.95. The minimum atomic E-state index is -0.0726. The predicted octanol–water partition coefficient (Wildman–Crippen LogP) is 3.83. The standard InChI is InChI=1S/C24H37N3O2/c1-3-26(4-2)17-19-12-14-20(15-13-19)24(29)27-16-8-9-21(18-27)23(28)25-22-10-6-5-7-11-22/h12-15,21-22H,3-11,16-18H2,1-2H3,(H,25,28). The highest BCUT2D eigenvalue weighted by Gasteiger charge is 2.30. The molecule has 0 radical (unpaired) electrons. The Morgan fingerprint density at radius 1 is 1.00 bits per heavy atom. The van der Waals surface area contributed by atoms with Crippen LogP contribution in [0.4, 0.5) is 0 Å². The lowest BCUT2D eigenvalue weighted by Gasteiger charge is -2.33. The molecule has 1 atom stereocenters. The smallest absolute Gasteiger partial charge is 0.253 e. The molecule has 1 saturated carbocycles. The first kappa shape index (κ1) is 21.8. The van der Waals surface area contributed by atoms with Crippen molar-refractivity contribution in [3.8, 4) is 0 Å². The summed E-state index contributed by atoms with van der Waals surface area (Å²) in [7, 11) is 0. The Balaban J connectivity index is 1.55. The van der Waals surface area contributed by atoms with Crippen LogP contribution in [0.15, 0.2) is 24.3 Å². The van der Waals surface area contributed by atoms with Crippen LogP contribution in [0.3, 0.4) is 0 Å². The van der Waals surface area contributed by atoms with E-state index in [4.69, 9.17) is 0 Å². The molecule has 1 aromatic carbocycles. The molecular weight excluding hydrogens is 362 g/mol. The number of piperidine rings is 1. The number of likely N-dealkylation sites (tertiary alicyclic amines) is 1. The molecule has 1 heterocycles. The molecule has 2 aliphatic rings. The van der Waals surface area contributed by atoms with Crippen LogP contribution < -0.4 is 5.32 Å². The fourth-order valence-corrected chi connectivity index (χ4v) is 4.58. The SMILES string of the molecule is CCN(CC)Cc1ccc(C(=O)N2CCCC(C(=O)NC3CCCCC3)C2)cc1. The van der Waals surface area contributed by atoms with Gasteiger partial charge in [0.05, 0.1) is 5.92 Å². The Hall–Kier alpha value is -1.88. The van der Waals surface area contributed by atoms with Crippen molar-refractivity contribution in [1.29, 1.82) is 0 Å². The van der Waals surface area contributed by atoms with Crippen molar-refractivity contribution in [2.75, 3.05) is 26.2 Å². The molecule has 0 aromatic heterocycles. The summed E-state index contributed by atoms with van der Waals surface area (Å²) in [6.07, 6.45) is 7.68. The number of benzene rings is 1. The summed E-state index contributed by atoms with van der Waals surface area (Å²) in [5, 5.41) is 3.24. The Labute approximate surface area is 175 Å². The molecule has 3 rings (SSSR count). The number of carbonyl (C=O) groups excluding carboxylic acids is 2. The number of nitrogens with one attached hydrogen (secondary N) is 1. The third-order valence-electron chi connectivity index (χ3n) is 6.53. The van der Waals surface area contributed by atoms with Gasteiger partial charge < -0.3 is 10.2 Å². The highest BCUT2D eigenvalue weighted by Crippen LogP contribution is 2.22. The van der Waals surface area contributed by atoms with Crippen molar-refractivity contribution in [1.82, 2.24) is 15.1 Å². The Morgan fingerprint density at radius 3 is 2.34 bits per heavy atom. The van der Waals surface area contributed by atoms with Gasteiger partial charge in [0.15, 0.2) is 0 Å². The Bertz CT molecular complexity index is 663. The first-order chi connectivity index (χ1) is 14.1. The van der Waals surface area contributed by atoms with Crippen molar-refractivity contribution >= 4 is 11.8 Å². The molecular formula is C24H37N3O2. The van der Waals surface area contributed by atoms with Crippen molar-refractivity contribution in [3.05, 3.63) is 35.4 Å². The van der Waals surface area contributed by atoms with E-state index in [2.05, 4.69) is 36.2 Å². The Kier molecular flexibility index (Phi) is 8.10. The largest absolute Gasteiger partial charge is 0.353 e. The predicted molar refractivity (Wildman–Crippen MR) is 117 cm³/mol. The molecule has 5 nitrogen and oxygen atoms in total. The van der Waals surface area contributed by atoms with E-state index in [-0.39, 0.29) is 17.7 Å². The molecule has 0 spiro atoms. The number of rotatable bonds is 7. The van der Waals surface area contributed by atoms with Gasteiger partial charge >= 0.3 is 0 Å². The second kappa shape index (κ2) is 10.8. The fourth-order valence-electron chi connectivity index (χ4n) is 4.58. The number of nitrogens with zero attached hydrogens (tertiary/aromatic N) is 2. The second-order valence-electron chi connectivity index (χ2n) is 8.59. The van der Waals surface area contributed by atoms with E-state index in [1.54, 1.807) is 0 Å². The summed E-state index contributed by atoms with van der Waals surface area (Å²) in [6, 6.07) is 8.33. The van der Waals surface area contributed by atoms with Crippen molar-refractivity contribution in [2.24, 2.45) is 5.92 Å². The van der Waals surface area contributed by atoms with Crippen molar-refractivity contribution < 1.29 is 9.59 Å². The number of amides is 2. The summed E-state index contributed by atoms with van der Waals surface area (Å²) in [4.78, 5) is 29.9. The summed E-state index contributed by atoms with van der Waals surface area (Å²) in [5.74, 6) is 0.120. The third-order valence-corrected chi connectivity index (χ3v) is 6.53. The van der Waals surface area contributed by atoms with Crippen LogP contribution in [-0.4, -0.2) is 53.8 Å². The van der Waals surface area contributed by atoms with E-state index in [9.17, 15) is 9.59 Å². The van der Waals surface area contributed by atoms with Gasteiger partial charge in [-0.1, -0.05) is 45.2 Å². The average molecular weight is 400 g/mol. The summed E-state index contributed by atoms with van der Waals surface area (Å²) >= 11 is 0. The molecule has 1 unspecified atom stereocenters. The van der Waals surface area contributed by atoms with Gasteiger partial charge in [0.1, 0.15) is 0 Å². The van der Waals surface area contributed by atoms with Crippen LogP contribution in [0.25, 0.3) is 0 Å². The van der Waals surface area contributed by atoms with Gasteiger partial charge in [0.2, 0.25) is 5.91 Å². The average Bonchev–Trinajstić information content (AvgIpc) is 2.78. The van der Waals surface area contributed by atoms with E-state index >= 15 is 0 Å². The van der Waals surface area contributed by atoms with Crippen LogP contribution in [0, 0.1) is 5.92 Å². The second-order valence-corrected chi connectivity index (χ2v) is 8.59. The number of hydrogen-bond donors (Lipinski definition) is 1. The summed E-state index contributed by atoms with van der Waals surface area (Å²) in [6.45, 7) is 8.57. The van der Waals surface area contributed by atoms with Gasteiger partial charge in [0, 0.05) is 31.2 Å². The molecule has 160 valence electrons. The van der Waals surface area contributed by atoms with Gasteiger partial charge in [-0.25, -0.2) is 0 Å². The van der Waals surface area contributed by atoms with Crippen LogP contribution >= 0.6 is 0 Å². The lowest BCUT2D eigenvalue weighted by Crippen LogP contribution is -2.47. The summed E-state index contributed by atoms with van der Waals surface area (Å²) < 4.78 is 0. The van der Waals surface area contributed by atoms with E-state index < -0.39 is 0 Å². The van der Waals surface area contributed by atoms with E-state index in [0.29, 0.717) is 12.6 Å². The zero-order chi connectivity index (χ0) is 20.6. The number of hydrogen-bond acceptors (Lipinski definition) is 3. The Morgan fingerprint density at radius 2 is 1.69 bits per heavy atom. The molecule has 2 fully saturated rings. The molecule has 0 bridgehead atoms. The monoisotopic (exact) mass is 399 g/mol. The van der Waals surface area contributed by atoms with Gasteiger partial charge in [-0.05, 0) is 56.5 Å². The van der Waals surface area contributed by atoms with Crippen molar-refractivity contribution in [2.45, 2.75) is 71.4 Å². The van der Waals surface area contributed by atoms with Crippen molar-refractivity contribution in [3.63, 3.8) is 0 Å². The lowest BCUT2D eigenvalue weighted by molar-refractivity contribution is -0.127. The zero-order valence-electron chi connectivity index (χ0n) is 18.2. The molecule has 1 aliphatic carbocycles. The molecule has 5 heteroatoms. The minimum Gasteiger partial charge on any atom is -0.353 e. The quantitative estimate of drug-likeness (QED) is 0.758. The number of carbonyl (C=O) groups is 2. The van der Waals surface area contributed by atoms with Crippen LogP contribution in [0.2, 0.25) is 0 Å². The molecule has 1 N–H and O–H groups in total. The first-order valence-corrected chi connectivity index (χ1v) is 11.5. The highest BCUT2D eigenvalue weighted by atomic mass is 16.2. The maximum atomic E-state index is 13.0. The van der Waals surface area contributed by atoms with Gasteiger partial charge in [0.25, 0.3) is 5.91 Å². The molecule has 1 aromatic rings.